The van der Waals surface area contributed by atoms with E-state index in [1.807, 2.05) is 24.3 Å². The number of nitrogens with zero attached hydrogens (tertiary/aromatic N) is 1. The molecule has 0 saturated heterocycles. The van der Waals surface area contributed by atoms with Crippen molar-refractivity contribution in [3.63, 3.8) is 0 Å². The van der Waals surface area contributed by atoms with E-state index >= 15 is 0 Å². The molecule has 8 heteroatoms. The van der Waals surface area contributed by atoms with Crippen LogP contribution in [0.2, 0.25) is 0 Å². The number of ketones is 1. The number of hydrogen-bond acceptors (Lipinski definition) is 6. The molecule has 0 fully saturated rings. The van der Waals surface area contributed by atoms with Crippen LogP contribution in [0.1, 0.15) is 28.4 Å². The van der Waals surface area contributed by atoms with Gasteiger partial charge in [-0.05, 0) is 66.6 Å². The summed E-state index contributed by atoms with van der Waals surface area (Å²) in [5.74, 6) is -0.775. The van der Waals surface area contributed by atoms with Gasteiger partial charge in [0.2, 0.25) is 0 Å². The zero-order valence-electron chi connectivity index (χ0n) is 19.5. The molecule has 0 aliphatic carbocycles. The molecular formula is C28H24FN3O4. The highest BCUT2D eigenvalue weighted by Crippen LogP contribution is 2.24. The van der Waals surface area contributed by atoms with Gasteiger partial charge in [-0.1, -0.05) is 24.3 Å². The van der Waals surface area contributed by atoms with Crippen LogP contribution in [0.5, 0.6) is 5.75 Å². The number of para-hydroxylation sites is 2. The molecule has 0 radical (unpaired) electrons. The van der Waals surface area contributed by atoms with Gasteiger partial charge in [0.25, 0.3) is 5.56 Å². The molecule has 3 N–H and O–H groups in total. The highest BCUT2D eigenvalue weighted by Gasteiger charge is 2.17. The molecule has 0 aliphatic rings. The number of nitrogen functional groups attached to an aromatic ring is 1. The smallest absolute Gasteiger partial charge is 0.308 e. The van der Waals surface area contributed by atoms with Crippen molar-refractivity contribution in [1.82, 2.24) is 4.57 Å². The van der Waals surface area contributed by atoms with Gasteiger partial charge >= 0.3 is 5.97 Å². The molecule has 1 aromatic heterocycles. The molecule has 182 valence electrons. The largest absolute Gasteiger partial charge is 0.425 e. The van der Waals surface area contributed by atoms with Gasteiger partial charge in [0.15, 0.2) is 11.5 Å². The quantitative estimate of drug-likeness (QED) is 0.218. The number of rotatable bonds is 8. The molecule has 36 heavy (non-hydrogen) atoms. The zero-order valence-corrected chi connectivity index (χ0v) is 19.5. The summed E-state index contributed by atoms with van der Waals surface area (Å²) in [6.45, 7) is 1.94. The number of carbonyl (C=O) groups excluding carboxylic acids is 2. The maximum atomic E-state index is 13.2. The lowest BCUT2D eigenvalue weighted by Crippen LogP contribution is -2.23. The number of ether oxygens (including phenoxy) is 1. The van der Waals surface area contributed by atoms with E-state index in [1.54, 1.807) is 24.3 Å². The average Bonchev–Trinajstić information content (AvgIpc) is 2.86. The van der Waals surface area contributed by atoms with Gasteiger partial charge in [0, 0.05) is 25.1 Å². The molecule has 0 bridgehead atoms. The van der Waals surface area contributed by atoms with Crippen LogP contribution in [0.25, 0.3) is 5.69 Å². The maximum absolute atomic E-state index is 13.2. The molecule has 0 aliphatic heterocycles. The second-order valence-electron chi connectivity index (χ2n) is 8.07. The predicted molar refractivity (Wildman–Crippen MR) is 136 cm³/mol. The van der Waals surface area contributed by atoms with Gasteiger partial charge in [-0.2, -0.15) is 0 Å². The summed E-state index contributed by atoms with van der Waals surface area (Å²) >= 11 is 0. The summed E-state index contributed by atoms with van der Waals surface area (Å²) in [7, 11) is 0. The van der Waals surface area contributed by atoms with Crippen LogP contribution < -0.4 is 21.3 Å². The zero-order chi connectivity index (χ0) is 25.7. The highest BCUT2D eigenvalue weighted by molar-refractivity contribution is 6.11. The Labute approximate surface area is 207 Å². The molecule has 0 atom stereocenters. The van der Waals surface area contributed by atoms with Gasteiger partial charge in [0.1, 0.15) is 11.6 Å². The van der Waals surface area contributed by atoms with Crippen molar-refractivity contribution in [1.29, 1.82) is 0 Å². The number of halogens is 1. The van der Waals surface area contributed by atoms with Crippen LogP contribution in [-0.4, -0.2) is 22.9 Å². The van der Waals surface area contributed by atoms with Crippen molar-refractivity contribution in [3.8, 4) is 11.4 Å². The first-order chi connectivity index (χ1) is 17.3. The fourth-order valence-corrected chi connectivity index (χ4v) is 3.78. The van der Waals surface area contributed by atoms with Gasteiger partial charge in [0.05, 0.1) is 16.9 Å². The fraction of sp³-hybridized carbons (Fsp3) is 0.107. The van der Waals surface area contributed by atoms with Crippen molar-refractivity contribution in [2.45, 2.75) is 13.3 Å². The number of benzene rings is 3. The van der Waals surface area contributed by atoms with Crippen molar-refractivity contribution >= 4 is 23.3 Å². The molecule has 7 nitrogen and oxygen atoms in total. The number of esters is 1. The van der Waals surface area contributed by atoms with E-state index in [-0.39, 0.29) is 22.5 Å². The summed E-state index contributed by atoms with van der Waals surface area (Å²) in [6.07, 6.45) is 0.669. The second-order valence-corrected chi connectivity index (χ2v) is 8.07. The molecule has 3 aromatic carbocycles. The van der Waals surface area contributed by atoms with E-state index in [2.05, 4.69) is 5.32 Å². The monoisotopic (exact) mass is 485 g/mol. The molecule has 4 rings (SSSR count). The van der Waals surface area contributed by atoms with Crippen LogP contribution in [0, 0.1) is 5.82 Å². The summed E-state index contributed by atoms with van der Waals surface area (Å²) in [5, 5.41) is 3.26. The minimum atomic E-state index is -0.451. The third kappa shape index (κ3) is 5.50. The molecule has 1 heterocycles. The Kier molecular flexibility index (Phi) is 7.25. The topological polar surface area (TPSA) is 103 Å². The van der Waals surface area contributed by atoms with Gasteiger partial charge < -0.3 is 15.8 Å². The summed E-state index contributed by atoms with van der Waals surface area (Å²) < 4.78 is 19.7. The Bertz CT molecular complexity index is 1460. The van der Waals surface area contributed by atoms with Gasteiger partial charge in [-0.25, -0.2) is 4.39 Å². The minimum Gasteiger partial charge on any atom is -0.425 e. The van der Waals surface area contributed by atoms with E-state index in [4.69, 9.17) is 10.5 Å². The van der Waals surface area contributed by atoms with Crippen LogP contribution in [0.3, 0.4) is 0 Å². The average molecular weight is 486 g/mol. The van der Waals surface area contributed by atoms with E-state index in [9.17, 15) is 18.8 Å². The molecule has 0 spiro atoms. The Morgan fingerprint density at radius 3 is 2.33 bits per heavy atom. The molecule has 0 unspecified atom stereocenters. The predicted octanol–water partition coefficient (Wildman–Crippen LogP) is 4.37. The Hall–Kier alpha value is -4.72. The number of nitrogens with two attached hydrogens (primary N) is 1. The normalized spacial score (nSPS) is 10.6. The summed E-state index contributed by atoms with van der Waals surface area (Å²) in [4.78, 5) is 36.8. The summed E-state index contributed by atoms with van der Waals surface area (Å²) in [5.41, 5.74) is 8.52. The van der Waals surface area contributed by atoms with Crippen molar-refractivity contribution in [2.75, 3.05) is 17.6 Å². The maximum Gasteiger partial charge on any atom is 0.308 e. The SMILES string of the molecule is CC(=O)Oc1ccccc1NCCc1ccc(-n2c(N)c(C(=O)c3ccc(F)cc3)ccc2=O)cc1. The third-order valence-electron chi connectivity index (χ3n) is 5.55. The van der Waals surface area contributed by atoms with E-state index < -0.39 is 17.6 Å². The van der Waals surface area contributed by atoms with Crippen molar-refractivity contribution in [3.05, 3.63) is 118 Å². The number of hydrogen-bond donors (Lipinski definition) is 2. The lowest BCUT2D eigenvalue weighted by Gasteiger charge is -2.14. The van der Waals surface area contributed by atoms with Gasteiger partial charge in [-0.15, -0.1) is 0 Å². The first-order valence-electron chi connectivity index (χ1n) is 11.3. The second kappa shape index (κ2) is 10.7. The Balaban J connectivity index is 1.49. The minimum absolute atomic E-state index is 0.00770. The first-order valence-corrected chi connectivity index (χ1v) is 11.3. The first kappa shape index (κ1) is 24.4. The summed E-state index contributed by atoms with van der Waals surface area (Å²) in [6, 6.07) is 22.2. The number of anilines is 2. The third-order valence-corrected chi connectivity index (χ3v) is 5.55. The van der Waals surface area contributed by atoms with Gasteiger partial charge in [-0.3, -0.25) is 19.0 Å². The number of pyridine rings is 1. The molecule has 4 aromatic rings. The standard InChI is InChI=1S/C28H24FN3O4/c1-18(33)36-25-5-3-2-4-24(25)31-17-16-19-6-12-22(13-7-19)32-26(34)15-14-23(28(32)30)27(35)20-8-10-21(29)11-9-20/h2-15,31H,16-17,30H2,1H3. The van der Waals surface area contributed by atoms with Crippen LogP contribution >= 0.6 is 0 Å². The van der Waals surface area contributed by atoms with E-state index in [0.717, 1.165) is 5.56 Å². The molecular weight excluding hydrogens is 461 g/mol. The molecule has 0 amide bonds. The number of carbonyl (C=O) groups is 2. The van der Waals surface area contributed by atoms with Crippen LogP contribution in [0.15, 0.2) is 89.7 Å². The van der Waals surface area contributed by atoms with Crippen molar-refractivity contribution < 1.29 is 18.7 Å². The lowest BCUT2D eigenvalue weighted by molar-refractivity contribution is -0.131. The number of nitrogens with one attached hydrogen (secondary N) is 1. The van der Waals surface area contributed by atoms with Crippen LogP contribution in [0.4, 0.5) is 15.9 Å². The lowest BCUT2D eigenvalue weighted by atomic mass is 10.0. The van der Waals surface area contributed by atoms with Crippen LogP contribution in [-0.2, 0) is 11.2 Å². The highest BCUT2D eigenvalue weighted by atomic mass is 19.1. The fourth-order valence-electron chi connectivity index (χ4n) is 3.78. The molecule has 0 saturated carbocycles. The Morgan fingerprint density at radius 1 is 0.944 bits per heavy atom. The van der Waals surface area contributed by atoms with Crippen molar-refractivity contribution in [2.24, 2.45) is 0 Å². The Morgan fingerprint density at radius 2 is 1.64 bits per heavy atom. The number of aromatic nitrogens is 1. The van der Waals surface area contributed by atoms with E-state index in [0.29, 0.717) is 30.1 Å². The van der Waals surface area contributed by atoms with E-state index in [1.165, 1.54) is 47.9 Å².